The van der Waals surface area contributed by atoms with Gasteiger partial charge in [-0.25, -0.2) is 9.13 Å². The highest BCUT2D eigenvalue weighted by atomic mass is 32.2. The first-order valence-corrected chi connectivity index (χ1v) is 18.5. The van der Waals surface area contributed by atoms with Gasteiger partial charge in [0.25, 0.3) is 0 Å². The van der Waals surface area contributed by atoms with Crippen molar-refractivity contribution < 1.29 is 18.7 Å². The van der Waals surface area contributed by atoms with Crippen LogP contribution in [0, 0.1) is 0 Å². The molecule has 0 aliphatic rings. The van der Waals surface area contributed by atoms with Crippen LogP contribution in [-0.2, 0) is 14.1 Å². The van der Waals surface area contributed by atoms with Crippen LogP contribution in [-0.4, -0.2) is 48.9 Å². The number of aromatic nitrogens is 2. The van der Waals surface area contributed by atoms with Crippen LogP contribution < -0.4 is 18.9 Å². The summed E-state index contributed by atoms with van der Waals surface area (Å²) in [4.78, 5) is 30.0. The van der Waals surface area contributed by atoms with E-state index in [1.54, 1.807) is 24.3 Å². The number of pyridine rings is 2. The zero-order valence-corrected chi connectivity index (χ0v) is 30.7. The third-order valence-corrected chi connectivity index (χ3v) is 10.1. The van der Waals surface area contributed by atoms with Crippen molar-refractivity contribution in [1.82, 2.24) is 0 Å². The van der Waals surface area contributed by atoms with Gasteiger partial charge in [-0.2, -0.15) is 0 Å². The normalized spacial score (nSPS) is 11.3. The molecule has 2 aromatic heterocycles. The van der Waals surface area contributed by atoms with Crippen LogP contribution >= 0.6 is 23.5 Å². The maximum Gasteiger partial charge on any atom is 0.219 e. The number of anilines is 2. The Bertz CT molecular complexity index is 1760. The SMILES string of the molecule is CN(CCSC(=O)c1ccc(C(=O)SCCN(C)c2ccc(C=Cc3cc[n+](C)cc3)cc2)cc1)c1ccc(C=Cc2cc[n+](C)cc2)cc1. The van der Waals surface area contributed by atoms with Crippen LogP contribution in [0.3, 0.4) is 0 Å². The van der Waals surface area contributed by atoms with Gasteiger partial charge in [0.15, 0.2) is 24.8 Å². The largest absolute Gasteiger partial charge is 0.374 e. The molecule has 0 spiro atoms. The summed E-state index contributed by atoms with van der Waals surface area (Å²) in [5.41, 5.74) is 8.02. The van der Waals surface area contributed by atoms with Gasteiger partial charge in [0, 0.05) is 85.5 Å². The lowest BCUT2D eigenvalue weighted by atomic mass is 10.1. The fraction of sp³-hybridized carbons (Fsp3) is 0.190. The monoisotopic (exact) mass is 700 g/mol. The Kier molecular flexibility index (Phi) is 13.2. The van der Waals surface area contributed by atoms with E-state index in [1.165, 1.54) is 23.5 Å². The van der Waals surface area contributed by atoms with E-state index in [1.807, 2.05) is 62.1 Å². The van der Waals surface area contributed by atoms with E-state index in [9.17, 15) is 9.59 Å². The molecule has 0 bridgehead atoms. The number of thioether (sulfide) groups is 2. The van der Waals surface area contributed by atoms with E-state index < -0.39 is 0 Å². The van der Waals surface area contributed by atoms with Crippen LogP contribution in [0.25, 0.3) is 24.3 Å². The van der Waals surface area contributed by atoms with Gasteiger partial charge in [0.05, 0.1) is 0 Å². The Balaban J connectivity index is 1.00. The fourth-order valence-corrected chi connectivity index (χ4v) is 6.74. The molecule has 6 nitrogen and oxygen atoms in total. The maximum absolute atomic E-state index is 12.8. The number of nitrogens with zero attached hydrogens (tertiary/aromatic N) is 4. The van der Waals surface area contributed by atoms with Crippen molar-refractivity contribution in [2.24, 2.45) is 14.1 Å². The first-order chi connectivity index (χ1) is 24.2. The lowest BCUT2D eigenvalue weighted by Crippen LogP contribution is -2.25. The molecule has 0 N–H and O–H groups in total. The zero-order valence-electron chi connectivity index (χ0n) is 29.1. The number of rotatable bonds is 14. The molecule has 0 fully saturated rings. The van der Waals surface area contributed by atoms with Gasteiger partial charge in [0.1, 0.15) is 14.1 Å². The standard InChI is InChI=1S/C42H44N4O2S2/c1-43-25-21-35(22-26-43)7-5-33-9-17-39(18-10-33)45(3)29-31-49-41(47)37-13-15-38(16-14-37)42(48)50-32-30-46(4)40-19-11-34(12-20-40)6-8-36-23-27-44(2)28-24-36/h5-28H,29-32H2,1-4H3/q+2. The van der Waals surface area contributed by atoms with Gasteiger partial charge >= 0.3 is 0 Å². The highest BCUT2D eigenvalue weighted by Gasteiger charge is 2.12. The molecule has 0 amide bonds. The molecule has 3 aromatic carbocycles. The lowest BCUT2D eigenvalue weighted by Gasteiger charge is -2.19. The molecule has 0 aliphatic heterocycles. The molecule has 0 radical (unpaired) electrons. The summed E-state index contributed by atoms with van der Waals surface area (Å²) >= 11 is 2.60. The van der Waals surface area contributed by atoms with Crippen LogP contribution in [0.1, 0.15) is 43.0 Å². The molecule has 0 aliphatic carbocycles. The van der Waals surface area contributed by atoms with E-state index in [2.05, 4.69) is 107 Å². The molecule has 2 heterocycles. The van der Waals surface area contributed by atoms with Crippen molar-refractivity contribution in [2.75, 3.05) is 48.5 Å². The Morgan fingerprint density at radius 1 is 0.500 bits per heavy atom. The van der Waals surface area contributed by atoms with E-state index in [0.717, 1.165) is 46.7 Å². The highest BCUT2D eigenvalue weighted by molar-refractivity contribution is 8.14. The molecular formula is C42H44N4O2S2+2. The fourth-order valence-electron chi connectivity index (χ4n) is 5.03. The van der Waals surface area contributed by atoms with Crippen molar-refractivity contribution >= 4 is 69.4 Å². The summed E-state index contributed by atoms with van der Waals surface area (Å²) in [6.45, 7) is 1.48. The Morgan fingerprint density at radius 3 is 1.12 bits per heavy atom. The first kappa shape index (κ1) is 36.4. The van der Waals surface area contributed by atoms with Gasteiger partial charge in [-0.05, 0) is 70.8 Å². The van der Waals surface area contributed by atoms with Gasteiger partial charge in [-0.3, -0.25) is 9.59 Å². The van der Waals surface area contributed by atoms with Gasteiger partial charge in [-0.1, -0.05) is 72.1 Å². The minimum absolute atomic E-state index is 0.0115. The third kappa shape index (κ3) is 11.1. The topological polar surface area (TPSA) is 48.4 Å². The predicted molar refractivity (Wildman–Crippen MR) is 213 cm³/mol. The van der Waals surface area contributed by atoms with Crippen LogP contribution in [0.5, 0.6) is 0 Å². The third-order valence-electron chi connectivity index (χ3n) is 8.29. The molecule has 5 rings (SSSR count). The molecule has 0 saturated heterocycles. The highest BCUT2D eigenvalue weighted by Crippen LogP contribution is 2.21. The van der Waals surface area contributed by atoms with E-state index in [4.69, 9.17) is 0 Å². The molecular weight excluding hydrogens is 657 g/mol. The number of aryl methyl sites for hydroxylation is 2. The van der Waals surface area contributed by atoms with Crippen molar-refractivity contribution in [3.63, 3.8) is 0 Å². The maximum atomic E-state index is 12.8. The summed E-state index contributed by atoms with van der Waals surface area (Å²) in [6.07, 6.45) is 16.6. The summed E-state index contributed by atoms with van der Waals surface area (Å²) < 4.78 is 4.03. The number of hydrogen-bond acceptors (Lipinski definition) is 6. The first-order valence-electron chi connectivity index (χ1n) is 16.6. The van der Waals surface area contributed by atoms with E-state index in [-0.39, 0.29) is 10.2 Å². The van der Waals surface area contributed by atoms with E-state index in [0.29, 0.717) is 22.6 Å². The number of carbonyl (C=O) groups is 2. The Hall–Kier alpha value is -4.92. The van der Waals surface area contributed by atoms with Crippen LogP contribution in [0.15, 0.2) is 122 Å². The van der Waals surface area contributed by atoms with Crippen molar-refractivity contribution in [3.8, 4) is 0 Å². The molecule has 50 heavy (non-hydrogen) atoms. The average Bonchev–Trinajstić information content (AvgIpc) is 3.14. The molecule has 8 heteroatoms. The second kappa shape index (κ2) is 18.2. The molecule has 5 aromatic rings. The predicted octanol–water partition coefficient (Wildman–Crippen LogP) is 7.70. The van der Waals surface area contributed by atoms with Crippen molar-refractivity contribution in [1.29, 1.82) is 0 Å². The lowest BCUT2D eigenvalue weighted by molar-refractivity contribution is -0.671. The second-order valence-corrected chi connectivity index (χ2v) is 14.3. The van der Waals surface area contributed by atoms with Gasteiger partial charge in [0.2, 0.25) is 10.2 Å². The zero-order chi connectivity index (χ0) is 35.3. The Morgan fingerprint density at radius 2 is 0.800 bits per heavy atom. The second-order valence-electron chi connectivity index (χ2n) is 12.1. The quantitative estimate of drug-likeness (QED) is 0.111. The minimum atomic E-state index is 0.0115. The van der Waals surface area contributed by atoms with E-state index >= 15 is 0 Å². The molecule has 0 unspecified atom stereocenters. The summed E-state index contributed by atoms with van der Waals surface area (Å²) in [7, 11) is 8.09. The summed E-state index contributed by atoms with van der Waals surface area (Å²) in [6, 6.07) is 32.2. The van der Waals surface area contributed by atoms with Crippen LogP contribution in [0.2, 0.25) is 0 Å². The molecule has 0 saturated carbocycles. The smallest absolute Gasteiger partial charge is 0.219 e. The Labute approximate surface area is 304 Å². The number of benzene rings is 3. The van der Waals surface area contributed by atoms with Crippen molar-refractivity contribution in [2.45, 2.75) is 0 Å². The van der Waals surface area contributed by atoms with Crippen LogP contribution in [0.4, 0.5) is 11.4 Å². The summed E-state index contributed by atoms with van der Waals surface area (Å²) in [5.74, 6) is 1.33. The minimum Gasteiger partial charge on any atom is -0.374 e. The number of hydrogen-bond donors (Lipinski definition) is 0. The average molecular weight is 701 g/mol. The van der Waals surface area contributed by atoms with Gasteiger partial charge in [-0.15, -0.1) is 0 Å². The molecule has 0 atom stereocenters. The molecule has 254 valence electrons. The van der Waals surface area contributed by atoms with Crippen molar-refractivity contribution in [3.05, 3.63) is 155 Å². The van der Waals surface area contributed by atoms with Gasteiger partial charge < -0.3 is 9.80 Å². The summed E-state index contributed by atoms with van der Waals surface area (Å²) in [5, 5.41) is 0.0230. The number of carbonyl (C=O) groups excluding carboxylic acids is 2.